The Bertz CT molecular complexity index is 425. The Morgan fingerprint density at radius 2 is 1.88 bits per heavy atom. The highest BCUT2D eigenvalue weighted by atomic mass is 19.1. The Morgan fingerprint density at radius 3 is 2.41 bits per heavy atom. The quantitative estimate of drug-likeness (QED) is 0.737. The summed E-state index contributed by atoms with van der Waals surface area (Å²) < 4.78 is 26.5. The lowest BCUT2D eigenvalue weighted by molar-refractivity contribution is -0.121. The Labute approximate surface area is 97.6 Å². The Hall–Kier alpha value is -1.92. The molecule has 7 heteroatoms. The Kier molecular flexibility index (Phi) is 4.19. The molecule has 0 saturated heterocycles. The molecule has 0 aliphatic heterocycles. The molecule has 1 amide bonds. The van der Waals surface area contributed by atoms with Gasteiger partial charge in [0, 0.05) is 20.2 Å². The van der Waals surface area contributed by atoms with Crippen LogP contribution in [0.5, 0.6) is 0 Å². The topological polar surface area (TPSA) is 66.0 Å². The first kappa shape index (κ1) is 13.1. The van der Waals surface area contributed by atoms with Crippen LogP contribution in [0.3, 0.4) is 0 Å². The number of hydrogen-bond acceptors (Lipinski definition) is 4. The zero-order valence-corrected chi connectivity index (χ0v) is 9.77. The highest BCUT2D eigenvalue weighted by molar-refractivity contribution is 5.83. The molecule has 5 nitrogen and oxygen atoms in total. The van der Waals surface area contributed by atoms with Gasteiger partial charge in [0.2, 0.25) is 5.91 Å². The van der Waals surface area contributed by atoms with Gasteiger partial charge in [-0.15, -0.1) is 0 Å². The van der Waals surface area contributed by atoms with E-state index in [0.717, 1.165) is 0 Å². The number of carbonyl (C=O) groups excluding carboxylic acids is 1. The van der Waals surface area contributed by atoms with Gasteiger partial charge in [0.15, 0.2) is 23.3 Å². The fourth-order valence-corrected chi connectivity index (χ4v) is 1.23. The molecule has 17 heavy (non-hydrogen) atoms. The number of aromatic nitrogens is 1. The molecule has 0 spiro atoms. The van der Waals surface area contributed by atoms with Crippen LogP contribution >= 0.6 is 0 Å². The van der Waals surface area contributed by atoms with Crippen molar-refractivity contribution in [1.82, 2.24) is 10.3 Å². The summed E-state index contributed by atoms with van der Waals surface area (Å²) in [5.41, 5.74) is 0. The summed E-state index contributed by atoms with van der Waals surface area (Å²) in [4.78, 5) is 14.9. The lowest BCUT2D eigenvalue weighted by atomic mass is 10.3. The minimum atomic E-state index is -0.850. The zero-order chi connectivity index (χ0) is 13.0. The van der Waals surface area contributed by atoms with Crippen LogP contribution in [-0.2, 0) is 4.79 Å². The van der Waals surface area contributed by atoms with Crippen LogP contribution < -0.4 is 16.0 Å². The third kappa shape index (κ3) is 3.02. The van der Waals surface area contributed by atoms with Gasteiger partial charge in [-0.25, -0.2) is 13.8 Å². The number of nitrogens with zero attached hydrogens (tertiary/aromatic N) is 1. The van der Waals surface area contributed by atoms with Gasteiger partial charge in [-0.3, -0.25) is 4.79 Å². The van der Waals surface area contributed by atoms with Crippen molar-refractivity contribution < 1.29 is 13.6 Å². The fourth-order valence-electron chi connectivity index (χ4n) is 1.23. The summed E-state index contributed by atoms with van der Waals surface area (Å²) in [6.45, 7) is 1.54. The monoisotopic (exact) mass is 244 g/mol. The second-order valence-corrected chi connectivity index (χ2v) is 3.38. The van der Waals surface area contributed by atoms with E-state index in [0.29, 0.717) is 6.07 Å². The van der Waals surface area contributed by atoms with Crippen LogP contribution in [-0.4, -0.2) is 31.0 Å². The maximum atomic E-state index is 13.4. The van der Waals surface area contributed by atoms with Gasteiger partial charge < -0.3 is 16.0 Å². The molecule has 3 N–H and O–H groups in total. The number of anilines is 2. The number of hydrogen-bond donors (Lipinski definition) is 3. The third-order valence-electron chi connectivity index (χ3n) is 2.16. The minimum Gasteiger partial charge on any atom is -0.371 e. The molecule has 94 valence electrons. The molecule has 1 rings (SSSR count). The number of amides is 1. The molecule has 0 saturated carbocycles. The summed E-state index contributed by atoms with van der Waals surface area (Å²) in [5, 5.41) is 7.45. The van der Waals surface area contributed by atoms with Gasteiger partial charge in [0.25, 0.3) is 0 Å². The van der Waals surface area contributed by atoms with E-state index in [9.17, 15) is 13.6 Å². The van der Waals surface area contributed by atoms with Gasteiger partial charge in [0.05, 0.1) is 0 Å². The average Bonchev–Trinajstić information content (AvgIpc) is 2.31. The number of nitrogens with one attached hydrogen (secondary N) is 3. The van der Waals surface area contributed by atoms with Crippen molar-refractivity contribution in [1.29, 1.82) is 0 Å². The van der Waals surface area contributed by atoms with Crippen LogP contribution in [0.2, 0.25) is 0 Å². The largest absolute Gasteiger partial charge is 0.371 e. The molecule has 1 unspecified atom stereocenters. The molecule has 0 radical (unpaired) electrons. The molecular formula is C10H14F2N4O. The predicted octanol–water partition coefficient (Wildman–Crippen LogP) is 0.948. The van der Waals surface area contributed by atoms with Gasteiger partial charge in [-0.2, -0.15) is 0 Å². The van der Waals surface area contributed by atoms with E-state index in [1.165, 1.54) is 14.1 Å². The second-order valence-electron chi connectivity index (χ2n) is 3.38. The van der Waals surface area contributed by atoms with E-state index in [2.05, 4.69) is 20.9 Å². The van der Waals surface area contributed by atoms with Gasteiger partial charge in [-0.1, -0.05) is 0 Å². The highest BCUT2D eigenvalue weighted by Crippen LogP contribution is 2.19. The number of pyridine rings is 1. The lowest BCUT2D eigenvalue weighted by Crippen LogP contribution is -2.35. The van der Waals surface area contributed by atoms with E-state index in [1.807, 2.05) is 0 Å². The van der Waals surface area contributed by atoms with Crippen molar-refractivity contribution in [3.8, 4) is 0 Å². The van der Waals surface area contributed by atoms with E-state index in [-0.39, 0.29) is 17.5 Å². The fraction of sp³-hybridized carbons (Fsp3) is 0.400. The van der Waals surface area contributed by atoms with Gasteiger partial charge >= 0.3 is 0 Å². The summed E-state index contributed by atoms with van der Waals surface area (Å²) in [5.74, 6) is -2.22. The van der Waals surface area contributed by atoms with Crippen LogP contribution in [0.25, 0.3) is 0 Å². The van der Waals surface area contributed by atoms with Crippen LogP contribution in [0.1, 0.15) is 6.92 Å². The maximum Gasteiger partial charge on any atom is 0.241 e. The van der Waals surface area contributed by atoms with Crippen molar-refractivity contribution in [2.45, 2.75) is 13.0 Å². The van der Waals surface area contributed by atoms with E-state index in [1.54, 1.807) is 6.92 Å². The smallest absolute Gasteiger partial charge is 0.241 e. The van der Waals surface area contributed by atoms with Crippen molar-refractivity contribution in [3.63, 3.8) is 0 Å². The predicted molar refractivity (Wildman–Crippen MR) is 60.9 cm³/mol. The second kappa shape index (κ2) is 5.42. The molecule has 0 bridgehead atoms. The molecule has 1 heterocycles. The lowest BCUT2D eigenvalue weighted by Gasteiger charge is -2.14. The molecular weight excluding hydrogens is 230 g/mol. The first-order valence-electron chi connectivity index (χ1n) is 5.01. The maximum absolute atomic E-state index is 13.4. The van der Waals surface area contributed by atoms with Crippen LogP contribution in [0, 0.1) is 11.6 Å². The van der Waals surface area contributed by atoms with Crippen molar-refractivity contribution in [3.05, 3.63) is 17.7 Å². The number of carbonyl (C=O) groups is 1. The molecule has 0 aliphatic rings. The third-order valence-corrected chi connectivity index (χ3v) is 2.16. The van der Waals surface area contributed by atoms with E-state index < -0.39 is 17.7 Å². The van der Waals surface area contributed by atoms with Gasteiger partial charge in [0.1, 0.15) is 6.04 Å². The van der Waals surface area contributed by atoms with E-state index >= 15 is 0 Å². The van der Waals surface area contributed by atoms with E-state index in [4.69, 9.17) is 0 Å². The zero-order valence-electron chi connectivity index (χ0n) is 9.77. The molecule has 0 aromatic carbocycles. The molecule has 0 fully saturated rings. The highest BCUT2D eigenvalue weighted by Gasteiger charge is 2.16. The van der Waals surface area contributed by atoms with Crippen molar-refractivity contribution in [2.75, 3.05) is 24.7 Å². The Morgan fingerprint density at radius 1 is 1.29 bits per heavy atom. The van der Waals surface area contributed by atoms with Gasteiger partial charge in [-0.05, 0) is 6.92 Å². The average molecular weight is 244 g/mol. The standard InChI is InChI=1S/C10H14F2N4O/c1-5(10(17)14-3)15-9-7(12)4-6(11)8(13-2)16-9/h4-5H,1-3H3,(H,14,17)(H2,13,15,16). The summed E-state index contributed by atoms with van der Waals surface area (Å²) in [6, 6.07) is 0.0368. The SMILES string of the molecule is CNC(=O)C(C)Nc1nc(NC)c(F)cc1F. The van der Waals surface area contributed by atoms with Crippen molar-refractivity contribution in [2.24, 2.45) is 0 Å². The molecule has 1 atom stereocenters. The summed E-state index contributed by atoms with van der Waals surface area (Å²) in [6.07, 6.45) is 0. The first-order chi connectivity index (χ1) is 7.99. The Balaban J connectivity index is 2.94. The normalized spacial score (nSPS) is 11.8. The summed E-state index contributed by atoms with van der Waals surface area (Å²) >= 11 is 0. The van der Waals surface area contributed by atoms with Crippen LogP contribution in [0.4, 0.5) is 20.4 Å². The number of halogens is 2. The molecule has 1 aromatic rings. The summed E-state index contributed by atoms with van der Waals surface area (Å²) in [7, 11) is 2.93. The minimum absolute atomic E-state index is 0.0852. The molecule has 0 aliphatic carbocycles. The van der Waals surface area contributed by atoms with Crippen molar-refractivity contribution >= 4 is 17.5 Å². The number of likely N-dealkylation sites (N-methyl/N-ethyl adjacent to an activating group) is 1. The van der Waals surface area contributed by atoms with Crippen LogP contribution in [0.15, 0.2) is 6.07 Å². The first-order valence-corrected chi connectivity index (χ1v) is 5.01. The number of rotatable bonds is 4. The molecule has 1 aromatic heterocycles.